The van der Waals surface area contributed by atoms with E-state index in [1.54, 1.807) is 20.5 Å². The highest BCUT2D eigenvalue weighted by Gasteiger charge is 2.23. The van der Waals surface area contributed by atoms with Crippen LogP contribution in [-0.4, -0.2) is 0 Å². The molecule has 0 nitrogen and oxygen atoms in total. The fourth-order valence-corrected chi connectivity index (χ4v) is 7.63. The van der Waals surface area contributed by atoms with Crippen LogP contribution in [0, 0.1) is 11.8 Å². The number of benzene rings is 1. The zero-order chi connectivity index (χ0) is 17.3. The van der Waals surface area contributed by atoms with Crippen molar-refractivity contribution in [2.75, 3.05) is 0 Å². The highest BCUT2D eigenvalue weighted by molar-refractivity contribution is 7.20. The van der Waals surface area contributed by atoms with Crippen molar-refractivity contribution in [3.05, 3.63) is 34.0 Å². The predicted octanol–water partition coefficient (Wildman–Crippen LogP) is 8.36. The summed E-state index contributed by atoms with van der Waals surface area (Å²) in [5.41, 5.74) is 1.76. The minimum Gasteiger partial charge on any atom is -0.144 e. The summed E-state index contributed by atoms with van der Waals surface area (Å²) in [6, 6.07) is 7.14. The monoisotopic (exact) mass is 382 g/mol. The molecule has 2 fully saturated rings. The van der Waals surface area contributed by atoms with E-state index in [1.165, 1.54) is 87.1 Å². The van der Waals surface area contributed by atoms with Gasteiger partial charge >= 0.3 is 0 Å². The molecule has 2 aliphatic carbocycles. The summed E-state index contributed by atoms with van der Waals surface area (Å²) in [5, 5.41) is 5.45. The molecule has 3 aromatic rings. The van der Waals surface area contributed by atoms with Crippen LogP contribution in [0.1, 0.15) is 74.6 Å². The molecule has 2 heterocycles. The first kappa shape index (κ1) is 17.3. The van der Waals surface area contributed by atoms with E-state index in [0.717, 1.165) is 11.8 Å². The molecule has 0 aliphatic heterocycles. The maximum absolute atomic E-state index is 2.41. The second-order valence-electron chi connectivity index (χ2n) is 8.69. The fraction of sp³-hybridized carbons (Fsp3) is 0.583. The first-order chi connectivity index (χ1) is 12.9. The summed E-state index contributed by atoms with van der Waals surface area (Å²) >= 11 is 4.04. The molecule has 2 aromatic heterocycles. The van der Waals surface area contributed by atoms with Gasteiger partial charge in [-0.25, -0.2) is 0 Å². The normalized spacial score (nSPS) is 20.3. The Labute approximate surface area is 165 Å². The average Bonchev–Trinajstić information content (AvgIpc) is 3.28. The van der Waals surface area contributed by atoms with E-state index in [9.17, 15) is 0 Å². The van der Waals surface area contributed by atoms with Crippen LogP contribution < -0.4 is 0 Å². The third-order valence-corrected chi connectivity index (χ3v) is 8.99. The van der Waals surface area contributed by atoms with E-state index in [0.29, 0.717) is 0 Å². The minimum absolute atomic E-state index is 0.931. The van der Waals surface area contributed by atoms with Gasteiger partial charge in [-0.15, -0.1) is 22.7 Å². The van der Waals surface area contributed by atoms with Crippen molar-refractivity contribution in [2.45, 2.75) is 77.0 Å². The summed E-state index contributed by atoms with van der Waals surface area (Å²) in [6.07, 6.45) is 17.3. The van der Waals surface area contributed by atoms with Crippen molar-refractivity contribution in [2.24, 2.45) is 11.8 Å². The Morgan fingerprint density at radius 3 is 2.12 bits per heavy atom. The molecule has 2 aliphatic rings. The number of hydrogen-bond donors (Lipinski definition) is 0. The Morgan fingerprint density at radius 2 is 1.38 bits per heavy atom. The summed E-state index contributed by atoms with van der Waals surface area (Å²) in [4.78, 5) is 1.75. The molecule has 1 aromatic carbocycles. The maximum atomic E-state index is 2.41. The molecule has 2 saturated carbocycles. The van der Waals surface area contributed by atoms with Crippen LogP contribution in [0.4, 0.5) is 0 Å². The van der Waals surface area contributed by atoms with Gasteiger partial charge in [0.25, 0.3) is 0 Å². The quantitative estimate of drug-likeness (QED) is 0.425. The molecule has 0 amide bonds. The van der Waals surface area contributed by atoms with Crippen LogP contribution in [0.5, 0.6) is 0 Å². The molecular weight excluding hydrogens is 352 g/mol. The number of rotatable bonds is 4. The zero-order valence-electron chi connectivity index (χ0n) is 15.8. The van der Waals surface area contributed by atoms with Gasteiger partial charge < -0.3 is 0 Å². The van der Waals surface area contributed by atoms with Gasteiger partial charge in [0.05, 0.1) is 0 Å². The van der Waals surface area contributed by atoms with E-state index >= 15 is 0 Å². The number of thiophene rings is 2. The Hall–Kier alpha value is -0.860. The lowest BCUT2D eigenvalue weighted by molar-refractivity contribution is 0.349. The topological polar surface area (TPSA) is 0 Å². The van der Waals surface area contributed by atoms with Crippen molar-refractivity contribution in [3.8, 4) is 0 Å². The lowest BCUT2D eigenvalue weighted by atomic mass is 9.82. The van der Waals surface area contributed by atoms with E-state index < -0.39 is 0 Å². The fourth-order valence-electron chi connectivity index (χ4n) is 5.47. The summed E-state index contributed by atoms with van der Waals surface area (Å²) in [5.74, 6) is 1.88. The summed E-state index contributed by atoms with van der Waals surface area (Å²) < 4.78 is 3.02. The molecule has 0 spiro atoms. The van der Waals surface area contributed by atoms with Crippen molar-refractivity contribution in [3.63, 3.8) is 0 Å². The van der Waals surface area contributed by atoms with Crippen molar-refractivity contribution >= 4 is 42.8 Å². The average molecular weight is 383 g/mol. The van der Waals surface area contributed by atoms with E-state index in [1.807, 2.05) is 11.3 Å². The second kappa shape index (κ2) is 7.64. The molecule has 138 valence electrons. The largest absolute Gasteiger partial charge is 0.144 e. The van der Waals surface area contributed by atoms with Crippen LogP contribution >= 0.6 is 22.7 Å². The van der Waals surface area contributed by atoms with Crippen molar-refractivity contribution < 1.29 is 0 Å². The molecule has 0 N–H and O–H groups in total. The molecule has 26 heavy (non-hydrogen) atoms. The van der Waals surface area contributed by atoms with Crippen LogP contribution in [0.3, 0.4) is 0 Å². The molecule has 0 saturated heterocycles. The molecule has 2 heteroatoms. The molecule has 0 unspecified atom stereocenters. The zero-order valence-corrected chi connectivity index (χ0v) is 17.4. The van der Waals surface area contributed by atoms with Crippen LogP contribution in [-0.2, 0) is 12.8 Å². The molecule has 0 atom stereocenters. The standard InChI is InChI=1S/C24H30S2/c1-3-7-17(8-4-1)15-20-23(16-18-9-5-2-6-10-18)26-22-12-11-21-19(24(20)22)13-14-25-21/h11-14,17-18H,1-10,15-16H2. The van der Waals surface area contributed by atoms with Gasteiger partial charge in [-0.05, 0) is 53.8 Å². The first-order valence-corrected chi connectivity index (χ1v) is 12.5. The second-order valence-corrected chi connectivity index (χ2v) is 10.8. The first-order valence-electron chi connectivity index (χ1n) is 10.8. The number of fused-ring (bicyclic) bond motifs is 3. The minimum atomic E-state index is 0.931. The van der Waals surface area contributed by atoms with Crippen molar-refractivity contribution in [1.82, 2.24) is 0 Å². The van der Waals surface area contributed by atoms with Crippen LogP contribution in [0.2, 0.25) is 0 Å². The SMILES string of the molecule is c1cc2c(ccc3sc(CC4CCCCC4)c(CC4CCCCC4)c32)s1. The van der Waals surface area contributed by atoms with Gasteiger partial charge in [0.1, 0.15) is 0 Å². The lowest BCUT2D eigenvalue weighted by Gasteiger charge is -2.24. The van der Waals surface area contributed by atoms with Crippen LogP contribution in [0.25, 0.3) is 20.2 Å². The predicted molar refractivity (Wildman–Crippen MR) is 118 cm³/mol. The van der Waals surface area contributed by atoms with Gasteiger partial charge in [-0.1, -0.05) is 64.2 Å². The molecule has 5 rings (SSSR count). The highest BCUT2D eigenvalue weighted by Crippen LogP contribution is 2.42. The Bertz CT molecular complexity index is 872. The van der Waals surface area contributed by atoms with E-state index in [4.69, 9.17) is 0 Å². The third kappa shape index (κ3) is 3.36. The Kier molecular flexibility index (Phi) is 5.07. The highest BCUT2D eigenvalue weighted by atomic mass is 32.1. The van der Waals surface area contributed by atoms with Gasteiger partial charge in [0.15, 0.2) is 0 Å². The summed E-state index contributed by atoms with van der Waals surface area (Å²) in [6.45, 7) is 0. The third-order valence-electron chi connectivity index (χ3n) is 6.88. The van der Waals surface area contributed by atoms with Crippen LogP contribution in [0.15, 0.2) is 23.6 Å². The molecule has 0 radical (unpaired) electrons. The molecular formula is C24H30S2. The van der Waals surface area contributed by atoms with E-state index in [2.05, 4.69) is 34.9 Å². The smallest absolute Gasteiger partial charge is 0.0355 e. The van der Waals surface area contributed by atoms with Gasteiger partial charge in [-0.3, -0.25) is 0 Å². The van der Waals surface area contributed by atoms with Gasteiger partial charge in [-0.2, -0.15) is 0 Å². The van der Waals surface area contributed by atoms with Crippen molar-refractivity contribution in [1.29, 1.82) is 0 Å². The Balaban J connectivity index is 1.56. The maximum Gasteiger partial charge on any atom is 0.0355 e. The van der Waals surface area contributed by atoms with Gasteiger partial charge in [0.2, 0.25) is 0 Å². The molecule has 0 bridgehead atoms. The number of hydrogen-bond acceptors (Lipinski definition) is 2. The van der Waals surface area contributed by atoms with Gasteiger partial charge in [0, 0.05) is 25.0 Å². The summed E-state index contributed by atoms with van der Waals surface area (Å²) in [7, 11) is 0. The Morgan fingerprint density at radius 1 is 0.731 bits per heavy atom. The van der Waals surface area contributed by atoms with E-state index in [-0.39, 0.29) is 0 Å². The lowest BCUT2D eigenvalue weighted by Crippen LogP contribution is -2.12.